The van der Waals surface area contributed by atoms with E-state index < -0.39 is 0 Å². The van der Waals surface area contributed by atoms with Gasteiger partial charge in [-0.25, -0.2) is 0 Å². The summed E-state index contributed by atoms with van der Waals surface area (Å²) in [5.74, 6) is 1.52. The molecule has 0 unspecified atom stereocenters. The first-order valence-electron chi connectivity index (χ1n) is 6.61. The van der Waals surface area contributed by atoms with Gasteiger partial charge in [0.2, 0.25) is 0 Å². The molecule has 0 spiro atoms. The molecule has 1 heterocycles. The highest BCUT2D eigenvalue weighted by atomic mass is 32.2. The van der Waals surface area contributed by atoms with Gasteiger partial charge in [-0.2, -0.15) is 5.26 Å². The van der Waals surface area contributed by atoms with Gasteiger partial charge >= 0.3 is 0 Å². The summed E-state index contributed by atoms with van der Waals surface area (Å²) in [4.78, 5) is 1.92. The van der Waals surface area contributed by atoms with E-state index in [9.17, 15) is 5.26 Å². The smallest absolute Gasteiger partial charge is 0.162 e. The molecule has 0 aliphatic carbocycles. The average Bonchev–Trinajstić information content (AvgIpc) is 2.55. The molecule has 0 saturated carbocycles. The van der Waals surface area contributed by atoms with Crippen molar-refractivity contribution in [2.45, 2.75) is 16.3 Å². The first-order valence-corrected chi connectivity index (χ1v) is 7.42. The molecule has 0 aromatic heterocycles. The van der Waals surface area contributed by atoms with Gasteiger partial charge in [-0.15, -0.1) is 0 Å². The second-order valence-electron chi connectivity index (χ2n) is 4.55. The van der Waals surface area contributed by atoms with Gasteiger partial charge in [0.25, 0.3) is 0 Å². The van der Waals surface area contributed by atoms with E-state index in [-0.39, 0.29) is 0 Å². The molecule has 0 amide bonds. The third kappa shape index (κ3) is 2.97. The fourth-order valence-corrected chi connectivity index (χ4v) is 3.00. The summed E-state index contributed by atoms with van der Waals surface area (Å²) in [5, 5.41) is 9.26. The minimum atomic E-state index is 0.434. The Morgan fingerprint density at radius 1 is 1.10 bits per heavy atom. The Kier molecular flexibility index (Phi) is 4.00. The third-order valence-electron chi connectivity index (χ3n) is 3.14. The molecular weight excluding hydrogens is 284 g/mol. The number of ether oxygens (including phenoxy) is 2. The molecule has 3 rings (SSSR count). The van der Waals surface area contributed by atoms with E-state index in [1.54, 1.807) is 0 Å². The standard InChI is InChI=1S/C16H14N2O2S/c17-9-11-1-4-16(12(7-11)10-18)21-13-2-3-14-15(8-13)20-6-5-19-14/h1-4,7-8H,5-6,9,17H2. The van der Waals surface area contributed by atoms with Crippen molar-refractivity contribution in [2.75, 3.05) is 13.2 Å². The van der Waals surface area contributed by atoms with Crippen LogP contribution in [0.5, 0.6) is 11.5 Å². The summed E-state index contributed by atoms with van der Waals surface area (Å²) in [5.41, 5.74) is 7.20. The second-order valence-corrected chi connectivity index (χ2v) is 5.67. The van der Waals surface area contributed by atoms with Crippen LogP contribution in [0.15, 0.2) is 46.2 Å². The van der Waals surface area contributed by atoms with E-state index in [4.69, 9.17) is 15.2 Å². The Bertz CT molecular complexity index is 710. The second kappa shape index (κ2) is 6.08. The number of nitrogens with two attached hydrogens (primary N) is 1. The Balaban J connectivity index is 1.88. The van der Waals surface area contributed by atoms with Gasteiger partial charge in [-0.3, -0.25) is 0 Å². The SMILES string of the molecule is N#Cc1cc(CN)ccc1Sc1ccc2c(c1)OCCO2. The van der Waals surface area contributed by atoms with Gasteiger partial charge in [0.05, 0.1) is 5.56 Å². The van der Waals surface area contributed by atoms with Crippen LogP contribution in [0.3, 0.4) is 0 Å². The van der Waals surface area contributed by atoms with E-state index in [1.165, 1.54) is 11.8 Å². The van der Waals surface area contributed by atoms with Crippen LogP contribution < -0.4 is 15.2 Å². The highest BCUT2D eigenvalue weighted by Gasteiger charge is 2.13. The van der Waals surface area contributed by atoms with Gasteiger partial charge in [-0.05, 0) is 35.9 Å². The highest BCUT2D eigenvalue weighted by Crippen LogP contribution is 2.37. The van der Waals surface area contributed by atoms with Crippen molar-refractivity contribution in [1.29, 1.82) is 5.26 Å². The highest BCUT2D eigenvalue weighted by molar-refractivity contribution is 7.99. The molecule has 106 valence electrons. The molecule has 2 aromatic rings. The summed E-state index contributed by atoms with van der Waals surface area (Å²) in [6.07, 6.45) is 0. The maximum absolute atomic E-state index is 9.26. The molecule has 0 atom stereocenters. The molecule has 2 aromatic carbocycles. The molecule has 1 aliphatic rings. The fourth-order valence-electron chi connectivity index (χ4n) is 2.09. The molecule has 5 heteroatoms. The maximum atomic E-state index is 9.26. The Morgan fingerprint density at radius 2 is 1.90 bits per heavy atom. The molecule has 1 aliphatic heterocycles. The van der Waals surface area contributed by atoms with Gasteiger partial charge in [-0.1, -0.05) is 17.8 Å². The lowest BCUT2D eigenvalue weighted by Crippen LogP contribution is -2.15. The monoisotopic (exact) mass is 298 g/mol. The predicted octanol–water partition coefficient (Wildman–Crippen LogP) is 2.94. The van der Waals surface area contributed by atoms with E-state index in [1.807, 2.05) is 36.4 Å². The van der Waals surface area contributed by atoms with Crippen LogP contribution in [0, 0.1) is 11.3 Å². The molecule has 0 saturated heterocycles. The zero-order chi connectivity index (χ0) is 14.7. The lowest BCUT2D eigenvalue weighted by Gasteiger charge is -2.18. The average molecular weight is 298 g/mol. The van der Waals surface area contributed by atoms with Gasteiger partial charge in [0, 0.05) is 16.3 Å². The van der Waals surface area contributed by atoms with Crippen LogP contribution in [-0.2, 0) is 6.54 Å². The van der Waals surface area contributed by atoms with Crippen molar-refractivity contribution < 1.29 is 9.47 Å². The number of hydrogen-bond acceptors (Lipinski definition) is 5. The molecule has 21 heavy (non-hydrogen) atoms. The zero-order valence-electron chi connectivity index (χ0n) is 11.3. The topological polar surface area (TPSA) is 68.3 Å². The van der Waals surface area contributed by atoms with Gasteiger partial charge in [0.1, 0.15) is 19.3 Å². The summed E-state index contributed by atoms with van der Waals surface area (Å²) in [7, 11) is 0. The van der Waals surface area contributed by atoms with Crippen LogP contribution >= 0.6 is 11.8 Å². The lowest BCUT2D eigenvalue weighted by atomic mass is 10.1. The molecule has 0 fully saturated rings. The summed E-state index contributed by atoms with van der Waals surface area (Å²) >= 11 is 1.53. The van der Waals surface area contributed by atoms with E-state index >= 15 is 0 Å². The van der Waals surface area contributed by atoms with E-state index in [2.05, 4.69) is 6.07 Å². The zero-order valence-corrected chi connectivity index (χ0v) is 12.2. The number of fused-ring (bicyclic) bond motifs is 1. The fraction of sp³-hybridized carbons (Fsp3) is 0.188. The van der Waals surface area contributed by atoms with Crippen molar-refractivity contribution >= 4 is 11.8 Å². The van der Waals surface area contributed by atoms with Crippen molar-refractivity contribution in [3.05, 3.63) is 47.5 Å². The number of hydrogen-bond donors (Lipinski definition) is 1. The van der Waals surface area contributed by atoms with Crippen LogP contribution in [0.2, 0.25) is 0 Å². The van der Waals surface area contributed by atoms with Crippen molar-refractivity contribution in [1.82, 2.24) is 0 Å². The molecule has 0 bridgehead atoms. The minimum absolute atomic E-state index is 0.434. The predicted molar refractivity (Wildman–Crippen MR) is 80.6 cm³/mol. The van der Waals surface area contributed by atoms with Crippen molar-refractivity contribution in [3.63, 3.8) is 0 Å². The van der Waals surface area contributed by atoms with Crippen molar-refractivity contribution in [2.24, 2.45) is 5.73 Å². The summed E-state index contributed by atoms with van der Waals surface area (Å²) < 4.78 is 11.1. The van der Waals surface area contributed by atoms with Crippen molar-refractivity contribution in [3.8, 4) is 17.6 Å². The third-order valence-corrected chi connectivity index (χ3v) is 4.21. The first-order chi connectivity index (χ1) is 10.3. The lowest BCUT2D eigenvalue weighted by molar-refractivity contribution is 0.171. The van der Waals surface area contributed by atoms with Gasteiger partial charge < -0.3 is 15.2 Å². The quantitative estimate of drug-likeness (QED) is 0.943. The Labute approximate surface area is 127 Å². The van der Waals surface area contributed by atoms with Crippen LogP contribution in [-0.4, -0.2) is 13.2 Å². The minimum Gasteiger partial charge on any atom is -0.486 e. The van der Waals surface area contributed by atoms with Gasteiger partial charge in [0.15, 0.2) is 11.5 Å². The summed E-state index contributed by atoms with van der Waals surface area (Å²) in [6.45, 7) is 1.58. The largest absolute Gasteiger partial charge is 0.486 e. The molecule has 2 N–H and O–H groups in total. The Hall–Kier alpha value is -2.16. The normalized spacial score (nSPS) is 12.8. The van der Waals surface area contributed by atoms with E-state index in [0.29, 0.717) is 25.3 Å². The van der Waals surface area contributed by atoms with E-state index in [0.717, 1.165) is 26.9 Å². The number of rotatable bonds is 3. The van der Waals surface area contributed by atoms with Crippen LogP contribution in [0.25, 0.3) is 0 Å². The summed E-state index contributed by atoms with van der Waals surface area (Å²) in [6, 6.07) is 13.7. The number of nitrogens with zero attached hydrogens (tertiary/aromatic N) is 1. The number of benzene rings is 2. The first kappa shape index (κ1) is 13.8. The van der Waals surface area contributed by atoms with Crippen LogP contribution in [0.1, 0.15) is 11.1 Å². The number of nitriles is 1. The molecule has 4 nitrogen and oxygen atoms in total. The Morgan fingerprint density at radius 3 is 2.67 bits per heavy atom. The molecule has 0 radical (unpaired) electrons. The maximum Gasteiger partial charge on any atom is 0.162 e. The van der Waals surface area contributed by atoms with Crippen LogP contribution in [0.4, 0.5) is 0 Å². The molecular formula is C16H14N2O2S.